The fraction of sp³-hybridized carbons (Fsp3) is 0.500. The number of carbonyl (C=O) groups excluding carboxylic acids is 1. The number of ether oxygens (including phenoxy) is 2. The predicted octanol–water partition coefficient (Wildman–Crippen LogP) is 3.72. The molecule has 0 heterocycles. The van der Waals surface area contributed by atoms with Crippen LogP contribution in [0.3, 0.4) is 0 Å². The third-order valence-corrected chi connectivity index (χ3v) is 3.19. The maximum Gasteiger partial charge on any atom is 0.750 e. The van der Waals surface area contributed by atoms with Gasteiger partial charge >= 0.3 is 14.2 Å². The molecule has 0 N–H and O–H groups in total. The first-order valence-electron chi connectivity index (χ1n) is 6.46. The average Bonchev–Trinajstić information content (AvgIpc) is 2.38. The minimum absolute atomic E-state index is 0.204. The Morgan fingerprint density at radius 2 is 1.90 bits per heavy atom. The van der Waals surface area contributed by atoms with Gasteiger partial charge in [0.1, 0.15) is 6.61 Å². The molecule has 7 heteroatoms. The van der Waals surface area contributed by atoms with Crippen molar-refractivity contribution < 1.29 is 27.9 Å². The van der Waals surface area contributed by atoms with Crippen molar-refractivity contribution in [2.75, 3.05) is 13.7 Å². The number of hydrogen-bond acceptors (Lipinski definition) is 6. The molecular formula is C14H20O6P+. The number of methoxy groups -OCH3 is 1. The topological polar surface area (TPSA) is 71.1 Å². The zero-order valence-electron chi connectivity index (χ0n) is 12.8. The molecule has 0 spiro atoms. The smallest absolute Gasteiger partial charge is 0.493 e. The van der Waals surface area contributed by atoms with Gasteiger partial charge in [-0.05, 0) is 39.8 Å². The van der Waals surface area contributed by atoms with Crippen molar-refractivity contribution in [3.8, 4) is 17.2 Å². The SMILES string of the molecule is CCO[P+](=O)Oc1ccc(OC)c(OC(=O)C(C)(C)C)c1. The number of carbonyl (C=O) groups is 1. The summed E-state index contributed by atoms with van der Waals surface area (Å²) in [5.74, 6) is 0.440. The first kappa shape index (κ1) is 17.4. The summed E-state index contributed by atoms with van der Waals surface area (Å²) < 4.78 is 31.8. The molecule has 0 radical (unpaired) electrons. The molecule has 0 aromatic heterocycles. The molecule has 1 rings (SSSR count). The highest BCUT2D eigenvalue weighted by molar-refractivity contribution is 7.33. The van der Waals surface area contributed by atoms with Crippen LogP contribution in [0.1, 0.15) is 27.7 Å². The predicted molar refractivity (Wildman–Crippen MR) is 77.9 cm³/mol. The Balaban J connectivity index is 2.95. The van der Waals surface area contributed by atoms with Crippen LogP contribution in [0.4, 0.5) is 0 Å². The van der Waals surface area contributed by atoms with E-state index in [2.05, 4.69) is 0 Å². The Hall–Kier alpha value is -1.65. The molecule has 0 aliphatic heterocycles. The lowest BCUT2D eigenvalue weighted by Crippen LogP contribution is -2.25. The van der Waals surface area contributed by atoms with Gasteiger partial charge in [-0.1, -0.05) is 0 Å². The molecule has 0 amide bonds. The van der Waals surface area contributed by atoms with Crippen LogP contribution in [-0.4, -0.2) is 19.7 Å². The van der Waals surface area contributed by atoms with E-state index in [1.54, 1.807) is 39.8 Å². The van der Waals surface area contributed by atoms with Gasteiger partial charge in [-0.2, -0.15) is 0 Å². The number of esters is 1. The second-order valence-corrected chi connectivity index (χ2v) is 6.07. The highest BCUT2D eigenvalue weighted by atomic mass is 31.1. The third kappa shape index (κ3) is 5.33. The Bertz CT molecular complexity index is 521. The first-order chi connectivity index (χ1) is 9.77. The summed E-state index contributed by atoms with van der Waals surface area (Å²) in [6.45, 7) is 7.22. The van der Waals surface area contributed by atoms with Crippen LogP contribution in [0.2, 0.25) is 0 Å². The standard InChI is InChI=1S/C14H20O6P/c1-6-18-21(16)20-10-7-8-11(17-5)12(9-10)19-13(15)14(2,3)4/h7-9H,6H2,1-5H3/q+1. The highest BCUT2D eigenvalue weighted by Crippen LogP contribution is 2.36. The third-order valence-electron chi connectivity index (χ3n) is 2.36. The van der Waals surface area contributed by atoms with E-state index in [-0.39, 0.29) is 18.1 Å². The van der Waals surface area contributed by atoms with Crippen LogP contribution in [-0.2, 0) is 13.9 Å². The van der Waals surface area contributed by atoms with Gasteiger partial charge in [0.2, 0.25) is 0 Å². The fourth-order valence-electron chi connectivity index (χ4n) is 1.26. The number of benzene rings is 1. The van der Waals surface area contributed by atoms with Gasteiger partial charge in [-0.15, -0.1) is 4.52 Å². The Labute approximate surface area is 125 Å². The van der Waals surface area contributed by atoms with Crippen LogP contribution in [0.5, 0.6) is 17.2 Å². The van der Waals surface area contributed by atoms with Gasteiger partial charge in [-0.3, -0.25) is 4.79 Å². The van der Waals surface area contributed by atoms with E-state index in [9.17, 15) is 9.36 Å². The first-order valence-corrected chi connectivity index (χ1v) is 7.56. The number of rotatable bonds is 6. The summed E-state index contributed by atoms with van der Waals surface area (Å²) in [5.41, 5.74) is -0.654. The molecule has 6 nitrogen and oxygen atoms in total. The van der Waals surface area contributed by atoms with Crippen LogP contribution in [0.15, 0.2) is 18.2 Å². The molecule has 116 valence electrons. The van der Waals surface area contributed by atoms with E-state index in [0.29, 0.717) is 5.75 Å². The summed E-state index contributed by atoms with van der Waals surface area (Å²) in [5, 5.41) is 0. The van der Waals surface area contributed by atoms with E-state index in [1.165, 1.54) is 13.2 Å². The van der Waals surface area contributed by atoms with E-state index in [0.717, 1.165) is 0 Å². The van der Waals surface area contributed by atoms with Gasteiger partial charge < -0.3 is 9.47 Å². The van der Waals surface area contributed by atoms with E-state index in [4.69, 9.17) is 18.5 Å². The second kappa shape index (κ2) is 7.38. The average molecular weight is 315 g/mol. The molecule has 0 aliphatic rings. The summed E-state index contributed by atoms with van der Waals surface area (Å²) in [6, 6.07) is 4.56. The van der Waals surface area contributed by atoms with Crippen LogP contribution < -0.4 is 14.0 Å². The monoisotopic (exact) mass is 315 g/mol. The lowest BCUT2D eigenvalue weighted by molar-refractivity contribution is -0.143. The van der Waals surface area contributed by atoms with Crippen molar-refractivity contribution in [3.63, 3.8) is 0 Å². The zero-order valence-corrected chi connectivity index (χ0v) is 13.7. The van der Waals surface area contributed by atoms with Crippen molar-refractivity contribution in [2.24, 2.45) is 5.41 Å². The fourth-order valence-corrected chi connectivity index (χ4v) is 1.81. The van der Waals surface area contributed by atoms with Crippen molar-refractivity contribution in [1.29, 1.82) is 0 Å². The summed E-state index contributed by atoms with van der Waals surface area (Å²) in [7, 11) is -0.794. The van der Waals surface area contributed by atoms with Crippen molar-refractivity contribution in [1.82, 2.24) is 0 Å². The van der Waals surface area contributed by atoms with Gasteiger partial charge in [0.25, 0.3) is 0 Å². The van der Waals surface area contributed by atoms with E-state index >= 15 is 0 Å². The maximum atomic E-state index is 11.9. The van der Waals surface area contributed by atoms with Crippen molar-refractivity contribution in [2.45, 2.75) is 27.7 Å². The maximum absolute atomic E-state index is 11.9. The Morgan fingerprint density at radius 1 is 1.24 bits per heavy atom. The molecule has 1 aromatic carbocycles. The van der Waals surface area contributed by atoms with Crippen LogP contribution in [0.25, 0.3) is 0 Å². The van der Waals surface area contributed by atoms with Crippen molar-refractivity contribution in [3.05, 3.63) is 18.2 Å². The van der Waals surface area contributed by atoms with Crippen LogP contribution >= 0.6 is 8.25 Å². The summed E-state index contributed by atoms with van der Waals surface area (Å²) in [4.78, 5) is 11.9. The van der Waals surface area contributed by atoms with Crippen LogP contribution in [0, 0.1) is 5.41 Å². The molecule has 21 heavy (non-hydrogen) atoms. The molecule has 0 aliphatic carbocycles. The van der Waals surface area contributed by atoms with E-state index < -0.39 is 19.6 Å². The zero-order chi connectivity index (χ0) is 16.0. The largest absolute Gasteiger partial charge is 0.750 e. The lowest BCUT2D eigenvalue weighted by atomic mass is 9.97. The molecule has 1 unspecified atom stereocenters. The number of hydrogen-bond donors (Lipinski definition) is 0. The molecule has 0 saturated carbocycles. The summed E-state index contributed by atoms with van der Waals surface area (Å²) in [6.07, 6.45) is 0. The summed E-state index contributed by atoms with van der Waals surface area (Å²) >= 11 is 0. The highest BCUT2D eigenvalue weighted by Gasteiger charge is 2.26. The quantitative estimate of drug-likeness (QED) is 0.452. The molecule has 0 fully saturated rings. The minimum Gasteiger partial charge on any atom is -0.493 e. The van der Waals surface area contributed by atoms with Gasteiger partial charge in [0.15, 0.2) is 17.2 Å². The Kier molecular flexibility index (Phi) is 6.12. The second-order valence-electron chi connectivity index (χ2n) is 5.18. The van der Waals surface area contributed by atoms with Gasteiger partial charge in [0.05, 0.1) is 12.5 Å². The molecule has 1 aromatic rings. The minimum atomic E-state index is -2.26. The van der Waals surface area contributed by atoms with E-state index in [1.807, 2.05) is 0 Å². The molecule has 0 bridgehead atoms. The lowest BCUT2D eigenvalue weighted by Gasteiger charge is -2.17. The van der Waals surface area contributed by atoms with Crippen molar-refractivity contribution >= 4 is 14.2 Å². The van der Waals surface area contributed by atoms with Gasteiger partial charge in [0, 0.05) is 10.6 Å². The molecule has 0 saturated heterocycles. The molecule has 1 atom stereocenters. The normalized spacial score (nSPS) is 11.8. The Morgan fingerprint density at radius 3 is 2.43 bits per heavy atom. The molecular weight excluding hydrogens is 295 g/mol. The van der Waals surface area contributed by atoms with Gasteiger partial charge in [-0.25, -0.2) is 4.52 Å².